The van der Waals surface area contributed by atoms with Crippen LogP contribution >= 0.6 is 11.6 Å². The fraction of sp³-hybridized carbons (Fsp3) is 0.227. The van der Waals surface area contributed by atoms with Crippen molar-refractivity contribution in [3.8, 4) is 5.75 Å². The molecule has 160 valence electrons. The fourth-order valence-electron chi connectivity index (χ4n) is 3.81. The van der Waals surface area contributed by atoms with Gasteiger partial charge in [-0.3, -0.25) is 14.7 Å². The Kier molecular flexibility index (Phi) is 5.65. The Morgan fingerprint density at radius 2 is 2.16 bits per heavy atom. The lowest BCUT2D eigenvalue weighted by molar-refractivity contribution is -0.121. The first-order chi connectivity index (χ1) is 14.9. The number of rotatable bonds is 5. The molecule has 0 fully saturated rings. The molecule has 3 aromatic rings. The number of H-pyrrole nitrogens is 1. The number of allylic oxidation sites excluding steroid dienone is 1. The Balaban J connectivity index is 1.60. The van der Waals surface area contributed by atoms with E-state index in [0.29, 0.717) is 27.4 Å². The number of anilines is 1. The normalized spacial score (nSPS) is 16.4. The maximum atomic E-state index is 14.4. The maximum absolute atomic E-state index is 14.4. The average Bonchev–Trinajstić information content (AvgIpc) is 3.17. The van der Waals surface area contributed by atoms with E-state index in [1.165, 1.54) is 19.2 Å². The zero-order valence-corrected chi connectivity index (χ0v) is 17.6. The van der Waals surface area contributed by atoms with Crippen molar-refractivity contribution in [3.63, 3.8) is 0 Å². The molecule has 1 aliphatic heterocycles. The van der Waals surface area contributed by atoms with E-state index in [0.717, 1.165) is 11.1 Å². The highest BCUT2D eigenvalue weighted by molar-refractivity contribution is 6.32. The van der Waals surface area contributed by atoms with Crippen LogP contribution < -0.4 is 15.4 Å². The van der Waals surface area contributed by atoms with Crippen molar-refractivity contribution in [2.75, 3.05) is 12.4 Å². The smallest absolute Gasteiger partial charge is 0.228 e. The molecular weight excluding hydrogens is 423 g/mol. The second kappa shape index (κ2) is 8.39. The van der Waals surface area contributed by atoms with Gasteiger partial charge in [0.25, 0.3) is 0 Å². The van der Waals surface area contributed by atoms with E-state index in [9.17, 15) is 14.0 Å². The highest BCUT2D eigenvalue weighted by atomic mass is 35.5. The summed E-state index contributed by atoms with van der Waals surface area (Å²) < 4.78 is 19.7. The zero-order valence-electron chi connectivity index (χ0n) is 16.9. The molecule has 0 spiro atoms. The van der Waals surface area contributed by atoms with E-state index in [-0.39, 0.29) is 30.4 Å². The highest BCUT2D eigenvalue weighted by Gasteiger charge is 2.29. The first-order valence-corrected chi connectivity index (χ1v) is 9.99. The van der Waals surface area contributed by atoms with Crippen LogP contribution in [0.25, 0.3) is 10.9 Å². The molecule has 4 rings (SSSR count). The molecule has 0 saturated heterocycles. The van der Waals surface area contributed by atoms with E-state index in [4.69, 9.17) is 16.3 Å². The van der Waals surface area contributed by atoms with Gasteiger partial charge in [0.05, 0.1) is 36.0 Å². The van der Waals surface area contributed by atoms with Gasteiger partial charge in [0.15, 0.2) is 0 Å². The molecule has 9 heteroatoms. The Labute approximate surface area is 182 Å². The average molecular weight is 443 g/mol. The third-order valence-corrected chi connectivity index (χ3v) is 5.66. The predicted molar refractivity (Wildman–Crippen MR) is 116 cm³/mol. The zero-order chi connectivity index (χ0) is 22.1. The molecule has 0 aliphatic carbocycles. The van der Waals surface area contributed by atoms with Gasteiger partial charge in [-0.2, -0.15) is 5.10 Å². The molecule has 7 nitrogen and oxygen atoms in total. The number of amides is 2. The van der Waals surface area contributed by atoms with Crippen molar-refractivity contribution in [2.45, 2.75) is 25.7 Å². The second-order valence-corrected chi connectivity index (χ2v) is 7.77. The molecule has 2 aromatic carbocycles. The summed E-state index contributed by atoms with van der Waals surface area (Å²) in [4.78, 5) is 25.0. The number of carbonyl (C=O) groups excluding carboxylic acids is 2. The molecule has 1 unspecified atom stereocenters. The molecule has 0 bridgehead atoms. The molecule has 0 saturated carbocycles. The summed E-state index contributed by atoms with van der Waals surface area (Å²) in [5, 5.41) is 13.1. The lowest BCUT2D eigenvalue weighted by Gasteiger charge is -2.28. The van der Waals surface area contributed by atoms with Crippen LogP contribution in [0.15, 0.2) is 47.8 Å². The summed E-state index contributed by atoms with van der Waals surface area (Å²) in [6.45, 7) is 1.75. The summed E-state index contributed by atoms with van der Waals surface area (Å²) in [6.07, 6.45) is 1.72. The number of aromatic amines is 1. The third kappa shape index (κ3) is 4.25. The molecular formula is C22H20ClFN4O3. The molecule has 1 atom stereocenters. The van der Waals surface area contributed by atoms with Crippen LogP contribution in [-0.2, 0) is 9.59 Å². The van der Waals surface area contributed by atoms with Crippen LogP contribution in [0.1, 0.15) is 31.2 Å². The molecule has 2 amide bonds. The lowest BCUT2D eigenvalue weighted by atomic mass is 9.82. The van der Waals surface area contributed by atoms with Crippen LogP contribution in [-0.4, -0.2) is 29.1 Å². The summed E-state index contributed by atoms with van der Waals surface area (Å²) in [7, 11) is 1.51. The van der Waals surface area contributed by atoms with Crippen LogP contribution in [0.4, 0.5) is 10.1 Å². The highest BCUT2D eigenvalue weighted by Crippen LogP contribution is 2.38. The first kappa shape index (κ1) is 20.9. The van der Waals surface area contributed by atoms with Crippen molar-refractivity contribution in [3.05, 3.63) is 64.2 Å². The Morgan fingerprint density at radius 3 is 2.94 bits per heavy atom. The molecule has 1 aromatic heterocycles. The van der Waals surface area contributed by atoms with Gasteiger partial charge in [0.2, 0.25) is 11.8 Å². The van der Waals surface area contributed by atoms with Crippen molar-refractivity contribution in [2.24, 2.45) is 0 Å². The number of ether oxygens (including phenoxy) is 1. The molecule has 3 N–H and O–H groups in total. The number of carbonyl (C=O) groups is 2. The number of aromatic nitrogens is 2. The van der Waals surface area contributed by atoms with Gasteiger partial charge in [0, 0.05) is 29.5 Å². The van der Waals surface area contributed by atoms with Crippen molar-refractivity contribution in [1.29, 1.82) is 0 Å². The van der Waals surface area contributed by atoms with Crippen molar-refractivity contribution < 1.29 is 18.7 Å². The van der Waals surface area contributed by atoms with Crippen LogP contribution in [0.3, 0.4) is 0 Å². The minimum atomic E-state index is -0.563. The molecule has 1 aliphatic rings. The summed E-state index contributed by atoms with van der Waals surface area (Å²) in [6, 6.07) is 8.09. The SMILES string of the molecule is COc1cc(C2CC(=O)NC(C)=C2CC(=O)Nc2cc3cn[nH]c3cc2F)ccc1Cl. The van der Waals surface area contributed by atoms with E-state index in [1.54, 1.807) is 25.3 Å². The van der Waals surface area contributed by atoms with E-state index >= 15 is 0 Å². The lowest BCUT2D eigenvalue weighted by Crippen LogP contribution is -2.32. The summed E-state index contributed by atoms with van der Waals surface area (Å²) in [5.74, 6) is -0.934. The number of halogens is 2. The van der Waals surface area contributed by atoms with Crippen molar-refractivity contribution in [1.82, 2.24) is 15.5 Å². The predicted octanol–water partition coefficient (Wildman–Crippen LogP) is 4.27. The van der Waals surface area contributed by atoms with Gasteiger partial charge < -0.3 is 15.4 Å². The second-order valence-electron chi connectivity index (χ2n) is 7.36. The number of hydrogen-bond acceptors (Lipinski definition) is 4. The van der Waals surface area contributed by atoms with Crippen LogP contribution in [0.5, 0.6) is 5.75 Å². The number of nitrogens with one attached hydrogen (secondary N) is 3. The number of nitrogens with zero attached hydrogens (tertiary/aromatic N) is 1. The Morgan fingerprint density at radius 1 is 1.35 bits per heavy atom. The van der Waals surface area contributed by atoms with E-state index in [1.807, 2.05) is 6.07 Å². The summed E-state index contributed by atoms with van der Waals surface area (Å²) >= 11 is 6.13. The van der Waals surface area contributed by atoms with Gasteiger partial charge >= 0.3 is 0 Å². The van der Waals surface area contributed by atoms with Gasteiger partial charge in [-0.1, -0.05) is 17.7 Å². The quantitative estimate of drug-likeness (QED) is 0.549. The largest absolute Gasteiger partial charge is 0.495 e. The van der Waals surface area contributed by atoms with Crippen LogP contribution in [0, 0.1) is 5.82 Å². The minimum Gasteiger partial charge on any atom is -0.495 e. The number of fused-ring (bicyclic) bond motifs is 1. The fourth-order valence-corrected chi connectivity index (χ4v) is 4.00. The number of hydrogen-bond donors (Lipinski definition) is 3. The van der Waals surface area contributed by atoms with Gasteiger partial charge in [-0.25, -0.2) is 4.39 Å². The van der Waals surface area contributed by atoms with Gasteiger partial charge in [-0.15, -0.1) is 0 Å². The summed E-state index contributed by atoms with van der Waals surface area (Å²) in [5.41, 5.74) is 2.77. The monoisotopic (exact) mass is 442 g/mol. The maximum Gasteiger partial charge on any atom is 0.228 e. The number of benzene rings is 2. The van der Waals surface area contributed by atoms with E-state index < -0.39 is 11.7 Å². The standard InChI is InChI=1S/C22H20ClFN4O3/c1-11-14(7-22(30)27-19-5-13-10-25-28-18(13)9-17(19)24)15(8-21(29)26-11)12-3-4-16(23)20(6-12)31-2/h3-6,9-10,15H,7-8H2,1-2H3,(H,25,28)(H,26,29)(H,27,30). The van der Waals surface area contributed by atoms with Gasteiger partial charge in [-0.05, 0) is 36.3 Å². The third-order valence-electron chi connectivity index (χ3n) is 5.35. The minimum absolute atomic E-state index is 0.00934. The Hall–Kier alpha value is -3.39. The molecule has 2 heterocycles. The van der Waals surface area contributed by atoms with Crippen LogP contribution in [0.2, 0.25) is 5.02 Å². The molecule has 0 radical (unpaired) electrons. The van der Waals surface area contributed by atoms with Crippen molar-refractivity contribution >= 4 is 40.0 Å². The first-order valence-electron chi connectivity index (χ1n) is 9.61. The Bertz CT molecular complexity index is 1220. The van der Waals surface area contributed by atoms with E-state index in [2.05, 4.69) is 20.8 Å². The van der Waals surface area contributed by atoms with Gasteiger partial charge in [0.1, 0.15) is 11.6 Å². The topological polar surface area (TPSA) is 96.1 Å². The number of methoxy groups -OCH3 is 1. The molecule has 31 heavy (non-hydrogen) atoms.